The van der Waals surface area contributed by atoms with Crippen molar-refractivity contribution in [2.75, 3.05) is 6.61 Å². The zero-order valence-corrected chi connectivity index (χ0v) is 10.4. The number of benzene rings is 1. The van der Waals surface area contributed by atoms with Crippen LogP contribution >= 0.6 is 0 Å². The van der Waals surface area contributed by atoms with Gasteiger partial charge in [0.2, 0.25) is 0 Å². The molecular weight excluding hydrogens is 216 g/mol. The second-order valence-electron chi connectivity index (χ2n) is 4.13. The lowest BCUT2D eigenvalue weighted by Crippen LogP contribution is -2.27. The molecule has 2 atom stereocenters. The molecule has 94 valence electrons. The molecule has 0 amide bonds. The molecule has 3 heteroatoms. The molecule has 1 aromatic rings. The fraction of sp³-hybridized carbons (Fsp3) is 0.500. The van der Waals surface area contributed by atoms with Crippen molar-refractivity contribution in [3.63, 3.8) is 0 Å². The predicted molar refractivity (Wildman–Crippen MR) is 66.6 cm³/mol. The van der Waals surface area contributed by atoms with E-state index in [0.29, 0.717) is 13.0 Å². The van der Waals surface area contributed by atoms with E-state index in [2.05, 4.69) is 0 Å². The quantitative estimate of drug-likeness (QED) is 0.770. The Morgan fingerprint density at radius 3 is 2.59 bits per heavy atom. The molecule has 1 N–H and O–H groups in total. The fourth-order valence-corrected chi connectivity index (χ4v) is 1.64. The minimum absolute atomic E-state index is 0.326. The van der Waals surface area contributed by atoms with Gasteiger partial charge in [0.25, 0.3) is 0 Å². The Balaban J connectivity index is 2.39. The van der Waals surface area contributed by atoms with Crippen LogP contribution in [0.3, 0.4) is 0 Å². The number of aryl methyl sites for hydroxylation is 1. The molecule has 0 saturated heterocycles. The zero-order valence-electron chi connectivity index (χ0n) is 10.4. The number of rotatable bonds is 6. The number of hydrogen-bond donors (Lipinski definition) is 1. The van der Waals surface area contributed by atoms with Crippen LogP contribution in [0.1, 0.15) is 25.8 Å². The molecule has 0 fully saturated rings. The Kier molecular flexibility index (Phi) is 5.70. The van der Waals surface area contributed by atoms with Gasteiger partial charge in [0, 0.05) is 0 Å². The Hall–Kier alpha value is -1.35. The molecule has 0 aliphatic rings. The highest BCUT2D eigenvalue weighted by atomic mass is 16.5. The summed E-state index contributed by atoms with van der Waals surface area (Å²) in [5.41, 5.74) is 1.17. The summed E-state index contributed by atoms with van der Waals surface area (Å²) in [5.74, 6) is -0.785. The van der Waals surface area contributed by atoms with Gasteiger partial charge in [-0.1, -0.05) is 30.3 Å². The van der Waals surface area contributed by atoms with Crippen LogP contribution in [0, 0.1) is 5.92 Å². The third-order valence-electron chi connectivity index (χ3n) is 2.81. The highest BCUT2D eigenvalue weighted by molar-refractivity contribution is 5.72. The second kappa shape index (κ2) is 7.07. The maximum Gasteiger partial charge on any atom is 0.311 e. The van der Waals surface area contributed by atoms with Crippen molar-refractivity contribution in [3.05, 3.63) is 35.9 Å². The van der Waals surface area contributed by atoms with Crippen LogP contribution in [0.15, 0.2) is 30.3 Å². The van der Waals surface area contributed by atoms with E-state index in [1.165, 1.54) is 5.56 Å². The van der Waals surface area contributed by atoms with E-state index in [0.717, 1.165) is 6.42 Å². The monoisotopic (exact) mass is 236 g/mol. The van der Waals surface area contributed by atoms with Crippen LogP contribution in [0.25, 0.3) is 0 Å². The van der Waals surface area contributed by atoms with E-state index in [1.807, 2.05) is 30.3 Å². The van der Waals surface area contributed by atoms with E-state index in [4.69, 9.17) is 4.74 Å². The van der Waals surface area contributed by atoms with Crippen molar-refractivity contribution in [2.24, 2.45) is 5.92 Å². The first kappa shape index (κ1) is 13.7. The van der Waals surface area contributed by atoms with Gasteiger partial charge in [0.1, 0.15) is 0 Å². The lowest BCUT2D eigenvalue weighted by Gasteiger charge is -2.17. The summed E-state index contributed by atoms with van der Waals surface area (Å²) in [6.07, 6.45) is 0.699. The number of carbonyl (C=O) groups excluding carboxylic acids is 1. The highest BCUT2D eigenvalue weighted by Crippen LogP contribution is 2.13. The average molecular weight is 236 g/mol. The lowest BCUT2D eigenvalue weighted by molar-refractivity contribution is -0.151. The molecule has 0 aliphatic carbocycles. The first-order valence-electron chi connectivity index (χ1n) is 6.03. The topological polar surface area (TPSA) is 46.5 Å². The molecule has 1 rings (SSSR count). The number of ether oxygens (including phenoxy) is 1. The second-order valence-corrected chi connectivity index (χ2v) is 4.13. The normalized spacial score (nSPS) is 14.1. The van der Waals surface area contributed by atoms with Gasteiger partial charge in [0.15, 0.2) is 0 Å². The standard InChI is InChI=1S/C14H20O3/c1-3-17-14(16)11(2)13(15)10-9-12-7-5-4-6-8-12/h4-8,11,13,15H,3,9-10H2,1-2H3. The zero-order chi connectivity index (χ0) is 12.7. The Labute approximate surface area is 102 Å². The van der Waals surface area contributed by atoms with Crippen LogP contribution in [-0.2, 0) is 16.0 Å². The smallest absolute Gasteiger partial charge is 0.311 e. The molecule has 0 aliphatic heterocycles. The van der Waals surface area contributed by atoms with Gasteiger partial charge in [-0.2, -0.15) is 0 Å². The number of esters is 1. The van der Waals surface area contributed by atoms with Gasteiger partial charge in [0.05, 0.1) is 18.6 Å². The summed E-state index contributed by atoms with van der Waals surface area (Å²) in [6, 6.07) is 9.93. The molecule has 1 aromatic carbocycles. The number of aliphatic hydroxyl groups excluding tert-OH is 1. The predicted octanol–water partition coefficient (Wildman–Crippen LogP) is 2.18. The van der Waals surface area contributed by atoms with Gasteiger partial charge < -0.3 is 9.84 Å². The SMILES string of the molecule is CCOC(=O)C(C)C(O)CCc1ccccc1. The minimum Gasteiger partial charge on any atom is -0.466 e. The van der Waals surface area contributed by atoms with E-state index in [-0.39, 0.29) is 5.97 Å². The van der Waals surface area contributed by atoms with Crippen LogP contribution in [0.4, 0.5) is 0 Å². The van der Waals surface area contributed by atoms with Gasteiger partial charge in [-0.25, -0.2) is 0 Å². The van der Waals surface area contributed by atoms with E-state index < -0.39 is 12.0 Å². The van der Waals surface area contributed by atoms with Crippen LogP contribution in [0.2, 0.25) is 0 Å². The third kappa shape index (κ3) is 4.57. The Morgan fingerprint density at radius 2 is 2.00 bits per heavy atom. The first-order chi connectivity index (χ1) is 8.15. The summed E-state index contributed by atoms with van der Waals surface area (Å²) >= 11 is 0. The molecule has 0 spiro atoms. The summed E-state index contributed by atoms with van der Waals surface area (Å²) in [7, 11) is 0. The van der Waals surface area contributed by atoms with Gasteiger partial charge in [-0.15, -0.1) is 0 Å². The molecular formula is C14H20O3. The molecule has 0 radical (unpaired) electrons. The van der Waals surface area contributed by atoms with Crippen molar-refractivity contribution in [1.29, 1.82) is 0 Å². The number of aliphatic hydroxyl groups is 1. The van der Waals surface area contributed by atoms with Crippen LogP contribution < -0.4 is 0 Å². The molecule has 17 heavy (non-hydrogen) atoms. The van der Waals surface area contributed by atoms with Crippen molar-refractivity contribution in [3.8, 4) is 0 Å². The maximum atomic E-state index is 11.4. The van der Waals surface area contributed by atoms with Crippen molar-refractivity contribution >= 4 is 5.97 Å². The molecule has 0 aromatic heterocycles. The third-order valence-corrected chi connectivity index (χ3v) is 2.81. The number of hydrogen-bond acceptors (Lipinski definition) is 3. The largest absolute Gasteiger partial charge is 0.466 e. The molecule has 2 unspecified atom stereocenters. The Bertz CT molecular complexity index is 335. The average Bonchev–Trinajstić information content (AvgIpc) is 2.36. The first-order valence-corrected chi connectivity index (χ1v) is 6.03. The van der Waals surface area contributed by atoms with Crippen LogP contribution in [0.5, 0.6) is 0 Å². The molecule has 0 heterocycles. The highest BCUT2D eigenvalue weighted by Gasteiger charge is 2.22. The van der Waals surface area contributed by atoms with Gasteiger partial charge in [-0.05, 0) is 32.3 Å². The van der Waals surface area contributed by atoms with Crippen molar-refractivity contribution < 1.29 is 14.6 Å². The maximum absolute atomic E-state index is 11.4. The van der Waals surface area contributed by atoms with E-state index >= 15 is 0 Å². The summed E-state index contributed by atoms with van der Waals surface area (Å²) < 4.78 is 4.88. The van der Waals surface area contributed by atoms with E-state index in [9.17, 15) is 9.90 Å². The van der Waals surface area contributed by atoms with Gasteiger partial charge in [-0.3, -0.25) is 4.79 Å². The van der Waals surface area contributed by atoms with Crippen molar-refractivity contribution in [1.82, 2.24) is 0 Å². The fourth-order valence-electron chi connectivity index (χ4n) is 1.64. The lowest BCUT2D eigenvalue weighted by atomic mass is 9.98. The molecule has 0 bridgehead atoms. The Morgan fingerprint density at radius 1 is 1.35 bits per heavy atom. The van der Waals surface area contributed by atoms with Gasteiger partial charge >= 0.3 is 5.97 Å². The molecule has 0 saturated carbocycles. The van der Waals surface area contributed by atoms with E-state index in [1.54, 1.807) is 13.8 Å². The molecule has 3 nitrogen and oxygen atoms in total. The summed E-state index contributed by atoms with van der Waals surface area (Å²) in [6.45, 7) is 3.82. The summed E-state index contributed by atoms with van der Waals surface area (Å²) in [4.78, 5) is 11.4. The summed E-state index contributed by atoms with van der Waals surface area (Å²) in [5, 5.41) is 9.88. The van der Waals surface area contributed by atoms with Crippen LogP contribution in [-0.4, -0.2) is 23.8 Å². The number of carbonyl (C=O) groups is 1. The van der Waals surface area contributed by atoms with Crippen molar-refractivity contribution in [2.45, 2.75) is 32.8 Å². The minimum atomic E-state index is -0.644.